The molecule has 1 heterocycles. The van der Waals surface area contributed by atoms with Crippen molar-refractivity contribution < 1.29 is 18.3 Å². The van der Waals surface area contributed by atoms with Gasteiger partial charge in [0.15, 0.2) is 5.16 Å². The number of nitro benzene ring substituents is 2. The lowest BCUT2D eigenvalue weighted by Crippen LogP contribution is -2.46. The molecule has 0 aliphatic rings. The number of thioether (sulfide) groups is 1. The predicted octanol–water partition coefficient (Wildman–Crippen LogP) is 3.60. The Morgan fingerprint density at radius 2 is 1.51 bits per heavy atom. The van der Waals surface area contributed by atoms with Crippen LogP contribution >= 0.6 is 11.8 Å². The molecule has 0 N–H and O–H groups in total. The van der Waals surface area contributed by atoms with Crippen LogP contribution in [-0.4, -0.2) is 34.2 Å². The Balaban J connectivity index is 1.83. The van der Waals surface area contributed by atoms with E-state index in [0.717, 1.165) is 27.1 Å². The van der Waals surface area contributed by atoms with E-state index in [1.807, 2.05) is 0 Å². The molecule has 0 fully saturated rings. The van der Waals surface area contributed by atoms with Gasteiger partial charge in [0.2, 0.25) is 10.0 Å². The fourth-order valence-corrected chi connectivity index (χ4v) is 5.39. The highest BCUT2D eigenvalue weighted by molar-refractivity contribution is 7.98. The lowest BCUT2D eigenvalue weighted by molar-refractivity contribution is -0.385. The van der Waals surface area contributed by atoms with Crippen molar-refractivity contribution in [3.8, 4) is 0 Å². The summed E-state index contributed by atoms with van der Waals surface area (Å²) < 4.78 is 27.6. The van der Waals surface area contributed by atoms with E-state index in [4.69, 9.17) is 0 Å². The number of non-ortho nitro benzene ring substituents is 2. The van der Waals surface area contributed by atoms with E-state index >= 15 is 0 Å². The lowest BCUT2D eigenvalue weighted by atomic mass is 10.2. The van der Waals surface area contributed by atoms with Gasteiger partial charge >= 0.3 is 0 Å². The minimum atomic E-state index is -4.08. The van der Waals surface area contributed by atoms with Crippen LogP contribution in [-0.2, 0) is 22.3 Å². The van der Waals surface area contributed by atoms with Crippen molar-refractivity contribution in [3.63, 3.8) is 0 Å². The molecule has 0 saturated heterocycles. The Hall–Kier alpha value is -4.30. The van der Waals surface area contributed by atoms with Crippen LogP contribution < -0.4 is 9.97 Å². The van der Waals surface area contributed by atoms with Gasteiger partial charge in [-0.3, -0.25) is 25.0 Å². The molecule has 12 nitrogen and oxygen atoms in total. The summed E-state index contributed by atoms with van der Waals surface area (Å²) in [6, 6.07) is 17.8. The van der Waals surface area contributed by atoms with E-state index in [2.05, 4.69) is 4.98 Å². The van der Waals surface area contributed by atoms with Crippen LogP contribution in [0.4, 0.5) is 11.4 Å². The zero-order valence-corrected chi connectivity index (χ0v) is 20.9. The molecule has 4 rings (SSSR count). The summed E-state index contributed by atoms with van der Waals surface area (Å²) in [7, 11) is -4.08. The summed E-state index contributed by atoms with van der Waals surface area (Å²) in [5.74, 6) is 0.154. The normalized spacial score (nSPS) is 11.4. The van der Waals surface area contributed by atoms with Crippen molar-refractivity contribution in [2.24, 2.45) is 0 Å². The third kappa shape index (κ3) is 5.76. The first-order chi connectivity index (χ1) is 17.5. The number of rotatable bonds is 9. The fraction of sp³-hybridized carbons (Fsp3) is 0.130. The summed E-state index contributed by atoms with van der Waals surface area (Å²) in [6.07, 6.45) is 0.918. The van der Waals surface area contributed by atoms with Crippen molar-refractivity contribution in [2.75, 3.05) is 10.7 Å². The molecule has 0 aliphatic carbocycles. The number of hydrogen-bond donors (Lipinski definition) is 0. The molecule has 37 heavy (non-hydrogen) atoms. The third-order valence-corrected chi connectivity index (χ3v) is 7.32. The number of fused-ring (bicyclic) bond motifs is 1. The second kappa shape index (κ2) is 10.4. The Morgan fingerprint density at radius 3 is 2.14 bits per heavy atom. The first-order valence-electron chi connectivity index (χ1n) is 10.6. The SMILES string of the molecule is CS(=O)(=O)N(Cc1cccc([N+](=O)[O-])c1)n1c(SCc2cccc([N+](=O)[O-])c2)nc2ccccc2c1=O. The van der Waals surface area contributed by atoms with Gasteiger partial charge in [-0.15, -0.1) is 0 Å². The second-order valence-electron chi connectivity index (χ2n) is 7.91. The van der Waals surface area contributed by atoms with E-state index in [1.165, 1.54) is 48.5 Å². The number of para-hydroxylation sites is 1. The van der Waals surface area contributed by atoms with Crippen molar-refractivity contribution in [2.45, 2.75) is 17.5 Å². The zero-order chi connectivity index (χ0) is 26.7. The van der Waals surface area contributed by atoms with Crippen LogP contribution in [0.15, 0.2) is 82.7 Å². The van der Waals surface area contributed by atoms with Crippen molar-refractivity contribution in [3.05, 3.63) is 115 Å². The van der Waals surface area contributed by atoms with Crippen molar-refractivity contribution >= 4 is 44.1 Å². The number of nitrogens with zero attached hydrogens (tertiary/aromatic N) is 5. The molecule has 0 spiro atoms. The van der Waals surface area contributed by atoms with E-state index in [0.29, 0.717) is 11.1 Å². The van der Waals surface area contributed by atoms with E-state index in [9.17, 15) is 33.4 Å². The van der Waals surface area contributed by atoms with Gasteiger partial charge in [-0.05, 0) is 23.3 Å². The van der Waals surface area contributed by atoms with Crippen LogP contribution in [0.5, 0.6) is 0 Å². The highest BCUT2D eigenvalue weighted by Gasteiger charge is 2.25. The molecule has 0 bridgehead atoms. The van der Waals surface area contributed by atoms with E-state index in [-0.39, 0.29) is 39.8 Å². The van der Waals surface area contributed by atoms with Gasteiger partial charge in [-0.1, -0.05) is 48.2 Å². The van der Waals surface area contributed by atoms with Gasteiger partial charge < -0.3 is 0 Å². The van der Waals surface area contributed by atoms with Gasteiger partial charge in [0, 0.05) is 30.0 Å². The third-order valence-electron chi connectivity index (χ3n) is 5.26. The molecule has 3 aromatic carbocycles. The maximum atomic E-state index is 13.6. The van der Waals surface area contributed by atoms with E-state index < -0.39 is 25.4 Å². The molecular weight excluding hydrogens is 522 g/mol. The minimum Gasteiger partial charge on any atom is -0.267 e. The number of sulfonamides is 1. The number of aromatic nitrogens is 2. The molecule has 0 saturated carbocycles. The number of nitro groups is 2. The molecule has 190 valence electrons. The topological polar surface area (TPSA) is 159 Å². The van der Waals surface area contributed by atoms with Crippen LogP contribution in [0.25, 0.3) is 10.9 Å². The minimum absolute atomic E-state index is 0.0334. The van der Waals surface area contributed by atoms with Gasteiger partial charge in [-0.2, -0.15) is 9.09 Å². The van der Waals surface area contributed by atoms with Crippen molar-refractivity contribution in [1.29, 1.82) is 0 Å². The number of benzene rings is 3. The summed E-state index contributed by atoms with van der Waals surface area (Å²) in [5.41, 5.74) is 0.213. The number of hydrogen-bond acceptors (Lipinski definition) is 9. The fourth-order valence-electron chi connectivity index (χ4n) is 3.56. The smallest absolute Gasteiger partial charge is 0.267 e. The Kier molecular flexibility index (Phi) is 7.22. The van der Waals surface area contributed by atoms with E-state index in [1.54, 1.807) is 24.3 Å². The van der Waals surface area contributed by atoms with Crippen LogP contribution in [0.2, 0.25) is 0 Å². The molecule has 1 aromatic heterocycles. The lowest BCUT2D eigenvalue weighted by Gasteiger charge is -2.26. The first-order valence-corrected chi connectivity index (χ1v) is 13.5. The highest BCUT2D eigenvalue weighted by Crippen LogP contribution is 2.26. The Bertz CT molecular complexity index is 1690. The van der Waals surface area contributed by atoms with Gasteiger partial charge in [0.05, 0.1) is 33.6 Å². The predicted molar refractivity (Wildman–Crippen MR) is 139 cm³/mol. The quantitative estimate of drug-likeness (QED) is 0.133. The molecule has 0 atom stereocenters. The average Bonchev–Trinajstić information content (AvgIpc) is 2.86. The highest BCUT2D eigenvalue weighted by atomic mass is 32.2. The maximum absolute atomic E-state index is 13.6. The summed E-state index contributed by atoms with van der Waals surface area (Å²) in [4.78, 5) is 39.3. The van der Waals surface area contributed by atoms with Crippen LogP contribution in [0, 0.1) is 20.2 Å². The molecule has 0 unspecified atom stereocenters. The van der Waals surface area contributed by atoms with Gasteiger partial charge in [0.1, 0.15) is 0 Å². The summed E-state index contributed by atoms with van der Waals surface area (Å²) in [6.45, 7) is -0.370. The molecule has 14 heteroatoms. The summed E-state index contributed by atoms with van der Waals surface area (Å²) in [5, 5.41) is 22.6. The average molecular weight is 542 g/mol. The molecule has 0 aliphatic heterocycles. The van der Waals surface area contributed by atoms with Crippen LogP contribution in [0.1, 0.15) is 11.1 Å². The van der Waals surface area contributed by atoms with Crippen LogP contribution in [0.3, 0.4) is 0 Å². The second-order valence-corrected chi connectivity index (χ2v) is 10.7. The molecular formula is C23H19N5O7S2. The summed E-state index contributed by atoms with van der Waals surface area (Å²) >= 11 is 1.03. The Labute approximate surface area is 214 Å². The largest absolute Gasteiger partial charge is 0.281 e. The van der Waals surface area contributed by atoms with Gasteiger partial charge in [-0.25, -0.2) is 13.4 Å². The van der Waals surface area contributed by atoms with Crippen molar-refractivity contribution in [1.82, 2.24) is 9.66 Å². The molecule has 4 aromatic rings. The maximum Gasteiger partial charge on any atom is 0.281 e. The first kappa shape index (κ1) is 25.8. The molecule has 0 amide bonds. The van der Waals surface area contributed by atoms with Gasteiger partial charge in [0.25, 0.3) is 16.9 Å². The monoisotopic (exact) mass is 541 g/mol. The zero-order valence-electron chi connectivity index (χ0n) is 19.3. The Morgan fingerprint density at radius 1 is 0.919 bits per heavy atom. The molecule has 0 radical (unpaired) electrons. The standard InChI is InChI=1S/C23H19N5O7S2/c1-37(34,35)25(14-16-6-4-8-18(12-16)27(30)31)26-22(29)20-10-2-3-11-21(20)24-23(26)36-15-17-7-5-9-19(13-17)28(32)33/h2-13H,14-15H2,1H3.